The maximum Gasteiger partial charge on any atom is 0.209 e. The molecule has 12 heavy (non-hydrogen) atoms. The van der Waals surface area contributed by atoms with Crippen LogP contribution in [0, 0.1) is 0 Å². The summed E-state index contributed by atoms with van der Waals surface area (Å²) in [6.45, 7) is 0. The molecule has 0 spiro atoms. The second kappa shape index (κ2) is 3.10. The fourth-order valence-corrected chi connectivity index (χ4v) is 1.65. The smallest absolute Gasteiger partial charge is 0.209 e. The van der Waals surface area contributed by atoms with Crippen molar-refractivity contribution in [3.63, 3.8) is 0 Å². The predicted molar refractivity (Wildman–Crippen MR) is 44.0 cm³/mol. The van der Waals surface area contributed by atoms with Gasteiger partial charge in [0, 0.05) is 0 Å². The van der Waals surface area contributed by atoms with Gasteiger partial charge >= 0.3 is 0 Å². The van der Waals surface area contributed by atoms with Crippen molar-refractivity contribution < 1.29 is 12.8 Å². The SMILES string of the molecule is Nc1ccccc1S(=O)(=O)CF. The lowest BCUT2D eigenvalue weighted by Gasteiger charge is -2.01. The highest BCUT2D eigenvalue weighted by Gasteiger charge is 2.15. The normalized spacial score (nSPS) is 11.4. The van der Waals surface area contributed by atoms with Gasteiger partial charge in [0.2, 0.25) is 9.84 Å². The van der Waals surface area contributed by atoms with E-state index < -0.39 is 15.8 Å². The number of nitrogen functional groups attached to an aromatic ring is 1. The number of sulfone groups is 1. The van der Waals surface area contributed by atoms with E-state index in [-0.39, 0.29) is 10.6 Å². The zero-order valence-electron chi connectivity index (χ0n) is 6.20. The van der Waals surface area contributed by atoms with Gasteiger partial charge < -0.3 is 5.73 Å². The first-order chi connectivity index (χ1) is 5.58. The molecule has 5 heteroatoms. The van der Waals surface area contributed by atoms with E-state index in [4.69, 9.17) is 5.73 Å². The van der Waals surface area contributed by atoms with E-state index in [1.165, 1.54) is 18.2 Å². The van der Waals surface area contributed by atoms with Crippen LogP contribution in [0.25, 0.3) is 0 Å². The number of halogens is 1. The first-order valence-electron chi connectivity index (χ1n) is 3.21. The lowest BCUT2D eigenvalue weighted by Crippen LogP contribution is -2.05. The Bertz CT molecular complexity index is 375. The Kier molecular flexibility index (Phi) is 2.32. The van der Waals surface area contributed by atoms with Crippen LogP contribution in [0.3, 0.4) is 0 Å². The summed E-state index contributed by atoms with van der Waals surface area (Å²) in [6.07, 6.45) is 0. The minimum atomic E-state index is -3.82. The molecule has 66 valence electrons. The van der Waals surface area contributed by atoms with Crippen molar-refractivity contribution in [1.29, 1.82) is 0 Å². The third-order valence-corrected chi connectivity index (χ3v) is 2.73. The molecule has 0 aliphatic rings. The second-order valence-electron chi connectivity index (χ2n) is 2.26. The lowest BCUT2D eigenvalue weighted by molar-refractivity contribution is 0.535. The molecule has 0 amide bonds. The third kappa shape index (κ3) is 1.55. The van der Waals surface area contributed by atoms with Gasteiger partial charge in [-0.25, -0.2) is 12.8 Å². The molecule has 0 aromatic heterocycles. The largest absolute Gasteiger partial charge is 0.398 e. The number of benzene rings is 1. The number of hydrogen-bond acceptors (Lipinski definition) is 3. The molecule has 0 bridgehead atoms. The molecule has 0 fully saturated rings. The van der Waals surface area contributed by atoms with Crippen LogP contribution < -0.4 is 5.73 Å². The molecular formula is C7H8FNO2S. The molecule has 0 unspecified atom stereocenters. The Hall–Kier alpha value is -1.10. The molecule has 2 N–H and O–H groups in total. The quantitative estimate of drug-likeness (QED) is 0.705. The van der Waals surface area contributed by atoms with Gasteiger partial charge in [-0.1, -0.05) is 12.1 Å². The Morgan fingerprint density at radius 1 is 1.33 bits per heavy atom. The number of rotatable bonds is 2. The van der Waals surface area contributed by atoms with Crippen LogP contribution in [-0.2, 0) is 9.84 Å². The summed E-state index contributed by atoms with van der Waals surface area (Å²) >= 11 is 0. The molecule has 1 rings (SSSR count). The first-order valence-corrected chi connectivity index (χ1v) is 4.86. The van der Waals surface area contributed by atoms with E-state index >= 15 is 0 Å². The third-order valence-electron chi connectivity index (χ3n) is 1.40. The van der Waals surface area contributed by atoms with Gasteiger partial charge in [0.15, 0.2) is 6.01 Å². The fourth-order valence-electron chi connectivity index (χ4n) is 0.823. The van der Waals surface area contributed by atoms with E-state index in [1.54, 1.807) is 6.07 Å². The first kappa shape index (κ1) is 8.99. The average Bonchev–Trinajstić information content (AvgIpc) is 2.05. The Labute approximate surface area is 69.9 Å². The number of alkyl halides is 1. The van der Waals surface area contributed by atoms with Crippen molar-refractivity contribution in [2.45, 2.75) is 4.90 Å². The van der Waals surface area contributed by atoms with Crippen LogP contribution in [0.1, 0.15) is 0 Å². The van der Waals surface area contributed by atoms with E-state index in [0.29, 0.717) is 0 Å². The van der Waals surface area contributed by atoms with Gasteiger partial charge in [-0.05, 0) is 12.1 Å². The van der Waals surface area contributed by atoms with Crippen molar-refractivity contribution in [2.75, 3.05) is 11.7 Å². The number of para-hydroxylation sites is 1. The summed E-state index contributed by atoms with van der Waals surface area (Å²) in [5, 5.41) is 0. The molecular weight excluding hydrogens is 181 g/mol. The highest BCUT2D eigenvalue weighted by Crippen LogP contribution is 2.18. The highest BCUT2D eigenvalue weighted by atomic mass is 32.2. The standard InChI is InChI=1S/C7H8FNO2S/c8-5-12(10,11)7-4-2-1-3-6(7)9/h1-4H,5,9H2. The summed E-state index contributed by atoms with van der Waals surface area (Å²) in [6, 6.07) is 4.37. The van der Waals surface area contributed by atoms with Crippen LogP contribution in [0.15, 0.2) is 29.2 Å². The molecule has 0 aliphatic carbocycles. The van der Waals surface area contributed by atoms with Crippen LogP contribution >= 0.6 is 0 Å². The van der Waals surface area contributed by atoms with Crippen LogP contribution in [-0.4, -0.2) is 14.4 Å². The number of anilines is 1. The van der Waals surface area contributed by atoms with Gasteiger partial charge in [-0.2, -0.15) is 0 Å². The fraction of sp³-hybridized carbons (Fsp3) is 0.143. The molecule has 0 heterocycles. The van der Waals surface area contributed by atoms with Crippen molar-refractivity contribution in [1.82, 2.24) is 0 Å². The topological polar surface area (TPSA) is 60.2 Å². The molecule has 1 aromatic carbocycles. The summed E-state index contributed by atoms with van der Waals surface area (Å²) in [5.41, 5.74) is 5.42. The second-order valence-corrected chi connectivity index (χ2v) is 4.15. The van der Waals surface area contributed by atoms with E-state index in [2.05, 4.69) is 0 Å². The van der Waals surface area contributed by atoms with E-state index in [0.717, 1.165) is 0 Å². The summed E-state index contributed by atoms with van der Waals surface area (Å²) in [5.74, 6) is 0. The molecule has 0 radical (unpaired) electrons. The van der Waals surface area contributed by atoms with Crippen molar-refractivity contribution in [3.05, 3.63) is 24.3 Å². The van der Waals surface area contributed by atoms with Crippen molar-refractivity contribution in [2.24, 2.45) is 0 Å². The molecule has 0 aliphatic heterocycles. The van der Waals surface area contributed by atoms with Gasteiger partial charge in [0.25, 0.3) is 0 Å². The van der Waals surface area contributed by atoms with Gasteiger partial charge in [0.05, 0.1) is 10.6 Å². The lowest BCUT2D eigenvalue weighted by atomic mass is 10.3. The average molecular weight is 189 g/mol. The summed E-state index contributed by atoms with van der Waals surface area (Å²) < 4.78 is 33.9. The van der Waals surface area contributed by atoms with Crippen LogP contribution in [0.4, 0.5) is 10.1 Å². The van der Waals surface area contributed by atoms with Crippen molar-refractivity contribution in [3.8, 4) is 0 Å². The molecule has 0 saturated heterocycles. The van der Waals surface area contributed by atoms with Gasteiger partial charge in [0.1, 0.15) is 0 Å². The molecule has 0 saturated carbocycles. The highest BCUT2D eigenvalue weighted by molar-refractivity contribution is 7.91. The Balaban J connectivity index is 3.30. The van der Waals surface area contributed by atoms with E-state index in [1.807, 2.05) is 0 Å². The van der Waals surface area contributed by atoms with Gasteiger partial charge in [-0.3, -0.25) is 0 Å². The zero-order valence-corrected chi connectivity index (χ0v) is 7.01. The predicted octanol–water partition coefficient (Wildman–Crippen LogP) is 0.970. The monoisotopic (exact) mass is 189 g/mol. The molecule has 1 aromatic rings. The van der Waals surface area contributed by atoms with Gasteiger partial charge in [-0.15, -0.1) is 0 Å². The number of nitrogens with two attached hydrogens (primary N) is 1. The zero-order chi connectivity index (χ0) is 9.19. The summed E-state index contributed by atoms with van der Waals surface area (Å²) in [4.78, 5) is -0.146. The van der Waals surface area contributed by atoms with Crippen molar-refractivity contribution >= 4 is 15.5 Å². The van der Waals surface area contributed by atoms with E-state index in [9.17, 15) is 12.8 Å². The molecule has 3 nitrogen and oxygen atoms in total. The Morgan fingerprint density at radius 2 is 1.92 bits per heavy atom. The van der Waals surface area contributed by atoms with Crippen LogP contribution in [0.2, 0.25) is 0 Å². The molecule has 0 atom stereocenters. The minimum Gasteiger partial charge on any atom is -0.398 e. The minimum absolute atomic E-state index is 0.0788. The Morgan fingerprint density at radius 3 is 2.42 bits per heavy atom. The summed E-state index contributed by atoms with van der Waals surface area (Å²) in [7, 11) is -3.82. The maximum absolute atomic E-state index is 12.0. The number of hydrogen-bond donors (Lipinski definition) is 1. The maximum atomic E-state index is 12.0. The van der Waals surface area contributed by atoms with Crippen LogP contribution in [0.5, 0.6) is 0 Å².